The highest BCUT2D eigenvalue weighted by molar-refractivity contribution is 5.30. The van der Waals surface area contributed by atoms with E-state index in [2.05, 4.69) is 0 Å². The molecule has 1 aromatic rings. The number of hydrogen-bond acceptors (Lipinski definition) is 3. The Labute approximate surface area is 136 Å². The van der Waals surface area contributed by atoms with Crippen molar-refractivity contribution < 1.29 is 23.6 Å². The van der Waals surface area contributed by atoms with Crippen LogP contribution in [0.25, 0.3) is 0 Å². The van der Waals surface area contributed by atoms with Gasteiger partial charge in [0.1, 0.15) is 5.75 Å². The van der Waals surface area contributed by atoms with Crippen LogP contribution >= 0.6 is 0 Å². The van der Waals surface area contributed by atoms with Crippen LogP contribution in [0.3, 0.4) is 0 Å². The fraction of sp³-hybridized carbons (Fsp3) is 0.647. The van der Waals surface area contributed by atoms with Gasteiger partial charge in [-0.25, -0.2) is 0 Å². The van der Waals surface area contributed by atoms with Gasteiger partial charge in [-0.2, -0.15) is 0 Å². The monoisotopic (exact) mass is 287 g/mol. The normalized spacial score (nSPS) is 38.0. The van der Waals surface area contributed by atoms with Crippen molar-refractivity contribution in [3.63, 3.8) is 0 Å². The fourth-order valence-corrected chi connectivity index (χ4v) is 1.71. The van der Waals surface area contributed by atoms with Crippen molar-refractivity contribution in [1.29, 1.82) is 0 Å². The van der Waals surface area contributed by atoms with E-state index in [9.17, 15) is 5.11 Å². The van der Waals surface area contributed by atoms with Gasteiger partial charge in [0.2, 0.25) is 0 Å². The highest BCUT2D eigenvalue weighted by Gasteiger charge is 2.29. The van der Waals surface area contributed by atoms with Crippen molar-refractivity contribution in [2.45, 2.75) is 57.9 Å². The number of aliphatic hydroxyl groups is 1. The summed E-state index contributed by atoms with van der Waals surface area (Å²) in [6.45, 7) is 0.715. The van der Waals surface area contributed by atoms with Gasteiger partial charge in [0.25, 0.3) is 0 Å². The van der Waals surface area contributed by atoms with Gasteiger partial charge in [-0.1, -0.05) is 31.8 Å². The molecular weight excluding hydrogens is 250 g/mol. The summed E-state index contributed by atoms with van der Waals surface area (Å²) in [5.74, 6) is -0.118. The lowest BCUT2D eigenvalue weighted by molar-refractivity contribution is 0.0517. The average Bonchev–Trinajstić information content (AvgIpc) is 2.63. The molecule has 3 heteroatoms. The molecule has 112 valence electrons. The van der Waals surface area contributed by atoms with Gasteiger partial charge in [-0.3, -0.25) is 0 Å². The predicted molar refractivity (Wildman–Crippen MR) is 81.7 cm³/mol. The Morgan fingerprint density at radius 2 is 1.95 bits per heavy atom. The quantitative estimate of drug-likeness (QED) is 0.872. The minimum atomic E-state index is -3.34. The van der Waals surface area contributed by atoms with Crippen molar-refractivity contribution in [3.8, 4) is 5.75 Å². The molecule has 2 rings (SSSR count). The molecule has 1 fully saturated rings. The minimum Gasteiger partial charge on any atom is -0.493 e. The van der Waals surface area contributed by atoms with Gasteiger partial charge < -0.3 is 15.6 Å². The van der Waals surface area contributed by atoms with Crippen molar-refractivity contribution in [2.24, 2.45) is 11.1 Å². The van der Waals surface area contributed by atoms with Crippen LogP contribution in [0.4, 0.5) is 0 Å². The Kier molecular flexibility index (Phi) is 1.95. The van der Waals surface area contributed by atoms with Crippen LogP contribution < -0.4 is 10.5 Å². The maximum Gasteiger partial charge on any atom is 0.119 e. The number of hydrogen-bond donors (Lipinski definition) is 2. The molecule has 0 radical (unpaired) electrons. The predicted octanol–water partition coefficient (Wildman–Crippen LogP) is 3.42. The van der Waals surface area contributed by atoms with Crippen LogP contribution in [0.2, 0.25) is 0 Å². The zero-order valence-corrected chi connectivity index (χ0v) is 11.8. The molecule has 1 saturated carbocycles. The zero-order valence-electron chi connectivity index (χ0n) is 21.8. The first kappa shape index (κ1) is 6.80. The molecule has 0 aliphatic heterocycles. The van der Waals surface area contributed by atoms with Crippen LogP contribution in [-0.2, 0) is 0 Å². The molecule has 0 aromatic heterocycles. The average molecular weight is 287 g/mol. The van der Waals surface area contributed by atoms with Crippen LogP contribution in [0.15, 0.2) is 24.3 Å². The topological polar surface area (TPSA) is 55.5 Å². The van der Waals surface area contributed by atoms with Gasteiger partial charge in [0, 0.05) is 16.4 Å². The summed E-state index contributed by atoms with van der Waals surface area (Å²) in [5.41, 5.74) is 2.38. The third-order valence-corrected chi connectivity index (χ3v) is 3.06. The fourth-order valence-electron chi connectivity index (χ4n) is 1.71. The van der Waals surface area contributed by atoms with E-state index in [1.54, 1.807) is 0 Å². The Bertz CT molecular complexity index is 776. The van der Waals surface area contributed by atoms with E-state index in [4.69, 9.17) is 24.2 Å². The van der Waals surface area contributed by atoms with Gasteiger partial charge in [0.15, 0.2) is 0 Å². The summed E-state index contributed by atoms with van der Waals surface area (Å²) >= 11 is 0. The van der Waals surface area contributed by atoms with Crippen molar-refractivity contribution in [1.82, 2.24) is 0 Å². The number of benzene rings is 1. The van der Waals surface area contributed by atoms with Crippen molar-refractivity contribution >= 4 is 0 Å². The highest BCUT2D eigenvalue weighted by atomic mass is 16.5. The minimum absolute atomic E-state index is 0.118. The summed E-state index contributed by atoms with van der Waals surface area (Å²) in [6.07, 6.45) is -13.2. The molecule has 3 N–H and O–H groups in total. The summed E-state index contributed by atoms with van der Waals surface area (Å²) in [6, 6.07) is 4.80. The van der Waals surface area contributed by atoms with Gasteiger partial charge in [-0.15, -0.1) is 0 Å². The molecule has 0 saturated heterocycles. The smallest absolute Gasteiger partial charge is 0.119 e. The largest absolute Gasteiger partial charge is 0.493 e. The third-order valence-electron chi connectivity index (χ3n) is 3.06. The number of rotatable bonds is 5. The number of ether oxygens (including phenoxy) is 1. The summed E-state index contributed by atoms with van der Waals surface area (Å²) < 4.78 is 86.3. The second-order valence-electron chi connectivity index (χ2n) is 5.53. The maximum atomic E-state index is 10.0. The van der Waals surface area contributed by atoms with E-state index in [-0.39, 0.29) is 5.75 Å². The molecule has 20 heavy (non-hydrogen) atoms. The highest BCUT2D eigenvalue weighted by Crippen LogP contribution is 2.37. The Morgan fingerprint density at radius 1 is 1.40 bits per heavy atom. The van der Waals surface area contributed by atoms with Gasteiger partial charge in [-0.05, 0) is 44.3 Å². The molecule has 0 heterocycles. The Hall–Kier alpha value is -1.06. The molecule has 3 nitrogen and oxygen atoms in total. The Balaban J connectivity index is 2.48. The first-order valence-electron chi connectivity index (χ1n) is 11.4. The second kappa shape index (κ2) is 5.74. The molecule has 1 atom stereocenters. The maximum absolute atomic E-state index is 10.0. The standard InChI is InChI=1S/C17H27NO2/c1-16(2,19)15(18)13-6-8-14(9-7-13)20-12-17(3)10-4-5-11-17/h6-9,15,19H,4-5,10-12,18H2,1-3H3/i4D2,5D2,10D2,11D2,12D2. The van der Waals surface area contributed by atoms with Crippen LogP contribution in [0.1, 0.15) is 71.6 Å². The molecule has 1 aromatic carbocycles. The summed E-state index contributed by atoms with van der Waals surface area (Å²) in [4.78, 5) is 0. The Morgan fingerprint density at radius 3 is 2.45 bits per heavy atom. The van der Waals surface area contributed by atoms with Gasteiger partial charge >= 0.3 is 0 Å². The lowest BCUT2D eigenvalue weighted by atomic mass is 9.90. The van der Waals surface area contributed by atoms with Crippen LogP contribution in [-0.4, -0.2) is 17.3 Å². The third kappa shape index (κ3) is 3.74. The van der Waals surface area contributed by atoms with E-state index in [1.165, 1.54) is 38.1 Å². The molecule has 1 aliphatic rings. The zero-order chi connectivity index (χ0) is 23.8. The first-order chi connectivity index (χ1) is 13.1. The van der Waals surface area contributed by atoms with E-state index in [0.29, 0.717) is 5.56 Å². The summed E-state index contributed by atoms with van der Waals surface area (Å²) in [7, 11) is 0. The van der Waals surface area contributed by atoms with Crippen molar-refractivity contribution in [2.75, 3.05) is 6.56 Å². The second-order valence-corrected chi connectivity index (χ2v) is 5.53. The van der Waals surface area contributed by atoms with Crippen LogP contribution in [0, 0.1) is 5.41 Å². The summed E-state index contributed by atoms with van der Waals surface area (Å²) in [5, 5.41) is 10.0. The molecule has 1 aliphatic carbocycles. The SMILES string of the molecule is [2H]C([2H])(Oc1ccc(C(N)C(C)(C)O)cc1)C1(C)C([2H])([2H])C([2H])([2H])C([2H])([2H])C1([2H])[2H]. The molecule has 0 amide bonds. The lowest BCUT2D eigenvalue weighted by Gasteiger charge is -2.26. The van der Waals surface area contributed by atoms with Crippen LogP contribution in [0.5, 0.6) is 5.75 Å². The molecule has 1 unspecified atom stereocenters. The van der Waals surface area contributed by atoms with E-state index in [0.717, 1.165) is 6.92 Å². The van der Waals surface area contributed by atoms with E-state index >= 15 is 0 Å². The van der Waals surface area contributed by atoms with Crippen molar-refractivity contribution in [3.05, 3.63) is 29.8 Å². The number of nitrogens with two attached hydrogens (primary N) is 1. The first-order valence-corrected chi connectivity index (χ1v) is 6.36. The molecule has 0 bridgehead atoms. The van der Waals surface area contributed by atoms with E-state index < -0.39 is 49.1 Å². The molecular formula is C17H27NO2. The lowest BCUT2D eigenvalue weighted by Crippen LogP contribution is -2.34. The van der Waals surface area contributed by atoms with Gasteiger partial charge in [0.05, 0.1) is 20.9 Å². The van der Waals surface area contributed by atoms with E-state index in [1.807, 2.05) is 0 Å². The molecule has 0 spiro atoms.